The predicted molar refractivity (Wildman–Crippen MR) is 62.8 cm³/mol. The van der Waals surface area contributed by atoms with Crippen LogP contribution in [0.5, 0.6) is 0 Å². The molecular formula is C10H22N2O2S. The molecule has 0 aliphatic carbocycles. The Morgan fingerprint density at radius 2 is 2.13 bits per heavy atom. The third-order valence-electron chi connectivity index (χ3n) is 3.01. The number of hydrogen-bond acceptors (Lipinski definition) is 4. The number of nitrogens with zero attached hydrogens (tertiary/aromatic N) is 1. The van der Waals surface area contributed by atoms with E-state index < -0.39 is 9.84 Å². The summed E-state index contributed by atoms with van der Waals surface area (Å²) in [6.07, 6.45) is 3.17. The van der Waals surface area contributed by atoms with Crippen molar-refractivity contribution in [3.8, 4) is 0 Å². The van der Waals surface area contributed by atoms with Crippen molar-refractivity contribution < 1.29 is 8.42 Å². The maximum Gasteiger partial charge on any atom is 0.147 e. The lowest BCUT2D eigenvalue weighted by molar-refractivity contribution is 0.327. The smallest absolute Gasteiger partial charge is 0.147 e. The average Bonchev–Trinajstić information content (AvgIpc) is 2.39. The third kappa shape index (κ3) is 4.95. The van der Waals surface area contributed by atoms with Gasteiger partial charge >= 0.3 is 0 Å². The zero-order chi connectivity index (χ0) is 11.5. The van der Waals surface area contributed by atoms with Crippen molar-refractivity contribution in [1.29, 1.82) is 0 Å². The highest BCUT2D eigenvalue weighted by molar-refractivity contribution is 7.90. The molecule has 4 nitrogen and oxygen atoms in total. The second-order valence-corrected chi connectivity index (χ2v) is 6.92. The van der Waals surface area contributed by atoms with E-state index in [2.05, 4.69) is 24.2 Å². The second-order valence-electron chi connectivity index (χ2n) is 4.66. The van der Waals surface area contributed by atoms with Crippen molar-refractivity contribution in [3.63, 3.8) is 0 Å². The van der Waals surface area contributed by atoms with Crippen LogP contribution in [0.25, 0.3) is 0 Å². The van der Waals surface area contributed by atoms with Crippen LogP contribution in [0, 0.1) is 0 Å². The molecule has 0 aromatic heterocycles. The van der Waals surface area contributed by atoms with Crippen LogP contribution in [0.3, 0.4) is 0 Å². The van der Waals surface area contributed by atoms with Gasteiger partial charge in [0.1, 0.15) is 9.84 Å². The first kappa shape index (κ1) is 12.9. The normalized spacial score (nSPS) is 28.5. The van der Waals surface area contributed by atoms with Gasteiger partial charge in [0.2, 0.25) is 0 Å². The number of hydrogen-bond donors (Lipinski definition) is 1. The van der Waals surface area contributed by atoms with Crippen molar-refractivity contribution >= 4 is 9.84 Å². The molecule has 0 bridgehead atoms. The van der Waals surface area contributed by atoms with Crippen LogP contribution in [-0.2, 0) is 9.84 Å². The summed E-state index contributed by atoms with van der Waals surface area (Å²) in [4.78, 5) is 2.33. The van der Waals surface area contributed by atoms with Crippen LogP contribution in [0.1, 0.15) is 19.8 Å². The molecule has 1 N–H and O–H groups in total. The van der Waals surface area contributed by atoms with Gasteiger partial charge in [0.05, 0.1) is 5.75 Å². The first-order valence-corrected chi connectivity index (χ1v) is 7.56. The lowest BCUT2D eigenvalue weighted by Gasteiger charge is -2.13. The van der Waals surface area contributed by atoms with Crippen LogP contribution in [-0.4, -0.2) is 57.5 Å². The minimum absolute atomic E-state index is 0.290. The van der Waals surface area contributed by atoms with E-state index in [1.165, 1.54) is 6.26 Å². The van der Waals surface area contributed by atoms with Gasteiger partial charge in [-0.3, -0.25) is 0 Å². The Labute approximate surface area is 93.0 Å². The van der Waals surface area contributed by atoms with Gasteiger partial charge in [-0.2, -0.15) is 0 Å². The van der Waals surface area contributed by atoms with Crippen LogP contribution < -0.4 is 5.32 Å². The van der Waals surface area contributed by atoms with E-state index >= 15 is 0 Å². The van der Waals surface area contributed by atoms with Gasteiger partial charge < -0.3 is 10.2 Å². The topological polar surface area (TPSA) is 49.4 Å². The standard InChI is InChI=1S/C10H22N2O2S/c1-9-7-10(8-12(9)2)11-5-4-6-15(3,13)14/h9-11H,4-8H2,1-3H3. The molecule has 0 aromatic carbocycles. The molecule has 0 amide bonds. The van der Waals surface area contributed by atoms with Gasteiger partial charge in [0.25, 0.3) is 0 Å². The zero-order valence-corrected chi connectivity index (χ0v) is 10.7. The first-order chi connectivity index (χ1) is 6.88. The fourth-order valence-corrected chi connectivity index (χ4v) is 2.65. The third-order valence-corrected chi connectivity index (χ3v) is 4.04. The largest absolute Gasteiger partial charge is 0.313 e. The molecule has 1 heterocycles. The molecule has 2 atom stereocenters. The number of likely N-dealkylation sites (N-methyl/N-ethyl adjacent to an activating group) is 1. The molecular weight excluding hydrogens is 212 g/mol. The van der Waals surface area contributed by atoms with Crippen LogP contribution >= 0.6 is 0 Å². The highest BCUT2D eigenvalue weighted by Gasteiger charge is 2.25. The van der Waals surface area contributed by atoms with Crippen LogP contribution in [0.4, 0.5) is 0 Å². The van der Waals surface area contributed by atoms with Gasteiger partial charge in [-0.05, 0) is 33.4 Å². The predicted octanol–water partition coefficient (Wildman–Crippen LogP) is 0.103. The summed E-state index contributed by atoms with van der Waals surface area (Å²) < 4.78 is 21.8. The van der Waals surface area contributed by atoms with E-state index in [4.69, 9.17) is 0 Å². The van der Waals surface area contributed by atoms with Crippen molar-refractivity contribution in [1.82, 2.24) is 10.2 Å². The van der Waals surface area contributed by atoms with Gasteiger partial charge in [-0.1, -0.05) is 0 Å². The Morgan fingerprint density at radius 1 is 1.47 bits per heavy atom. The molecule has 0 spiro atoms. The molecule has 0 aromatic rings. The van der Waals surface area contributed by atoms with E-state index in [1.54, 1.807) is 0 Å². The number of nitrogens with one attached hydrogen (secondary N) is 1. The lowest BCUT2D eigenvalue weighted by atomic mass is 10.2. The van der Waals surface area contributed by atoms with E-state index in [0.29, 0.717) is 18.5 Å². The summed E-state index contributed by atoms with van der Waals surface area (Å²) >= 11 is 0. The maximum absolute atomic E-state index is 10.9. The molecule has 0 saturated carbocycles. The molecule has 5 heteroatoms. The molecule has 15 heavy (non-hydrogen) atoms. The monoisotopic (exact) mass is 234 g/mol. The fraction of sp³-hybridized carbons (Fsp3) is 1.00. The molecule has 1 fully saturated rings. The van der Waals surface area contributed by atoms with Gasteiger partial charge in [0.15, 0.2) is 0 Å². The molecule has 1 saturated heterocycles. The highest BCUT2D eigenvalue weighted by Crippen LogP contribution is 2.14. The number of likely N-dealkylation sites (tertiary alicyclic amines) is 1. The molecule has 90 valence electrons. The van der Waals surface area contributed by atoms with E-state index in [0.717, 1.165) is 19.5 Å². The summed E-state index contributed by atoms with van der Waals surface area (Å²) in [5.41, 5.74) is 0. The quantitative estimate of drug-likeness (QED) is 0.686. The van der Waals surface area contributed by atoms with Crippen LogP contribution in [0.15, 0.2) is 0 Å². The summed E-state index contributed by atoms with van der Waals surface area (Å²) in [5, 5.41) is 3.41. The van der Waals surface area contributed by atoms with E-state index in [1.807, 2.05) is 0 Å². The molecule has 1 aliphatic heterocycles. The van der Waals surface area contributed by atoms with E-state index in [-0.39, 0.29) is 5.75 Å². The Bertz CT molecular complexity index is 280. The van der Waals surface area contributed by atoms with Crippen molar-refractivity contribution in [2.75, 3.05) is 32.1 Å². The molecule has 1 aliphatic rings. The summed E-state index contributed by atoms with van der Waals surface area (Å²) in [5.74, 6) is 0.290. The minimum Gasteiger partial charge on any atom is -0.313 e. The second kappa shape index (κ2) is 5.27. The Hall–Kier alpha value is -0.130. The van der Waals surface area contributed by atoms with Crippen molar-refractivity contribution in [2.24, 2.45) is 0 Å². The Kier molecular flexibility index (Phi) is 4.55. The number of sulfone groups is 1. The fourth-order valence-electron chi connectivity index (χ4n) is 1.98. The van der Waals surface area contributed by atoms with Crippen molar-refractivity contribution in [3.05, 3.63) is 0 Å². The maximum atomic E-state index is 10.9. The first-order valence-electron chi connectivity index (χ1n) is 5.50. The number of rotatable bonds is 5. The van der Waals surface area contributed by atoms with Crippen LogP contribution in [0.2, 0.25) is 0 Å². The molecule has 2 unspecified atom stereocenters. The van der Waals surface area contributed by atoms with Gasteiger partial charge in [-0.25, -0.2) is 8.42 Å². The summed E-state index contributed by atoms with van der Waals surface area (Å²) in [7, 11) is -0.664. The SMILES string of the molecule is CC1CC(NCCCS(C)(=O)=O)CN1C. The lowest BCUT2D eigenvalue weighted by Crippen LogP contribution is -2.32. The van der Waals surface area contributed by atoms with Gasteiger partial charge in [-0.15, -0.1) is 0 Å². The highest BCUT2D eigenvalue weighted by atomic mass is 32.2. The average molecular weight is 234 g/mol. The minimum atomic E-state index is -2.79. The Balaban J connectivity index is 2.12. The molecule has 1 rings (SSSR count). The molecule has 0 radical (unpaired) electrons. The Morgan fingerprint density at radius 3 is 2.60 bits per heavy atom. The summed E-state index contributed by atoms with van der Waals surface area (Å²) in [6, 6.07) is 1.17. The van der Waals surface area contributed by atoms with Crippen molar-refractivity contribution in [2.45, 2.75) is 31.8 Å². The summed E-state index contributed by atoms with van der Waals surface area (Å²) in [6.45, 7) is 4.09. The zero-order valence-electron chi connectivity index (χ0n) is 9.86. The van der Waals surface area contributed by atoms with Gasteiger partial charge in [0, 0.05) is 24.9 Å². The van der Waals surface area contributed by atoms with E-state index in [9.17, 15) is 8.42 Å².